The maximum Gasteiger partial charge on any atom is 0.405 e. The second-order valence-electron chi connectivity index (χ2n) is 7.14. The summed E-state index contributed by atoms with van der Waals surface area (Å²) in [5, 5.41) is 0. The highest BCUT2D eigenvalue weighted by Crippen LogP contribution is 2.37. The number of ether oxygens (including phenoxy) is 2. The third kappa shape index (κ3) is 3.37. The molecular formula is C20H23NO3. The van der Waals surface area contributed by atoms with Crippen molar-refractivity contribution in [3.05, 3.63) is 53.6 Å². The highest BCUT2D eigenvalue weighted by molar-refractivity contribution is 5.68. The number of amides is 1. The molecule has 1 aliphatic heterocycles. The summed E-state index contributed by atoms with van der Waals surface area (Å²) < 4.78 is 10.9. The van der Waals surface area contributed by atoms with Crippen LogP contribution in [0.2, 0.25) is 0 Å². The highest BCUT2D eigenvalue weighted by atomic mass is 16.6. The van der Waals surface area contributed by atoms with Gasteiger partial charge in [-0.1, -0.05) is 57.2 Å². The molecule has 2 aromatic rings. The van der Waals surface area contributed by atoms with Gasteiger partial charge in [-0.15, -0.1) is 0 Å². The maximum absolute atomic E-state index is 11.0. The molecular weight excluding hydrogens is 302 g/mol. The Balaban J connectivity index is 1.90. The topological polar surface area (TPSA) is 61.6 Å². The fourth-order valence-electron chi connectivity index (χ4n) is 2.96. The van der Waals surface area contributed by atoms with E-state index in [1.54, 1.807) is 0 Å². The van der Waals surface area contributed by atoms with Crippen molar-refractivity contribution in [3.63, 3.8) is 0 Å². The van der Waals surface area contributed by atoms with Gasteiger partial charge in [-0.25, -0.2) is 4.79 Å². The molecule has 1 atom stereocenters. The van der Waals surface area contributed by atoms with Gasteiger partial charge in [0.25, 0.3) is 0 Å². The average molecular weight is 325 g/mol. The van der Waals surface area contributed by atoms with Crippen molar-refractivity contribution in [3.8, 4) is 16.9 Å². The SMILES string of the molecule is CC(C)(C)c1ccc(-c2ccc3c(c2)OCCC3OC(N)=O)cc1. The van der Waals surface area contributed by atoms with Crippen molar-refractivity contribution >= 4 is 6.09 Å². The summed E-state index contributed by atoms with van der Waals surface area (Å²) in [6.45, 7) is 7.12. The van der Waals surface area contributed by atoms with Crippen molar-refractivity contribution in [1.29, 1.82) is 0 Å². The van der Waals surface area contributed by atoms with Crippen LogP contribution < -0.4 is 10.5 Å². The van der Waals surface area contributed by atoms with Gasteiger partial charge < -0.3 is 15.2 Å². The van der Waals surface area contributed by atoms with Gasteiger partial charge >= 0.3 is 6.09 Å². The van der Waals surface area contributed by atoms with Crippen LogP contribution in [0.5, 0.6) is 5.75 Å². The minimum Gasteiger partial charge on any atom is -0.493 e. The van der Waals surface area contributed by atoms with E-state index in [-0.39, 0.29) is 11.5 Å². The van der Waals surface area contributed by atoms with Crippen LogP contribution in [0.4, 0.5) is 4.79 Å². The summed E-state index contributed by atoms with van der Waals surface area (Å²) in [5.74, 6) is 0.755. The molecule has 3 rings (SSSR count). The van der Waals surface area contributed by atoms with Crippen LogP contribution in [0, 0.1) is 0 Å². The Bertz CT molecular complexity index is 744. The molecule has 0 saturated carbocycles. The Hall–Kier alpha value is -2.49. The second kappa shape index (κ2) is 6.19. The van der Waals surface area contributed by atoms with Crippen LogP contribution in [-0.2, 0) is 10.2 Å². The number of primary amides is 1. The van der Waals surface area contributed by atoms with E-state index in [9.17, 15) is 4.79 Å². The zero-order valence-electron chi connectivity index (χ0n) is 14.3. The molecule has 0 aliphatic carbocycles. The summed E-state index contributed by atoms with van der Waals surface area (Å²) in [4.78, 5) is 11.0. The predicted octanol–water partition coefficient (Wildman–Crippen LogP) is 4.57. The quantitative estimate of drug-likeness (QED) is 0.879. The van der Waals surface area contributed by atoms with Gasteiger partial charge in [-0.3, -0.25) is 0 Å². The van der Waals surface area contributed by atoms with E-state index in [0.717, 1.165) is 22.4 Å². The number of hydrogen-bond acceptors (Lipinski definition) is 3. The summed E-state index contributed by atoms with van der Waals surface area (Å²) in [7, 11) is 0. The molecule has 1 heterocycles. The summed E-state index contributed by atoms with van der Waals surface area (Å²) >= 11 is 0. The summed E-state index contributed by atoms with van der Waals surface area (Å²) in [6.07, 6.45) is -0.464. The molecule has 0 radical (unpaired) electrons. The van der Waals surface area contributed by atoms with Gasteiger partial charge in [0.1, 0.15) is 11.9 Å². The molecule has 1 unspecified atom stereocenters. The largest absolute Gasteiger partial charge is 0.493 e. The number of nitrogens with two attached hydrogens (primary N) is 1. The fourth-order valence-corrected chi connectivity index (χ4v) is 2.96. The van der Waals surface area contributed by atoms with E-state index < -0.39 is 6.09 Å². The molecule has 4 nitrogen and oxygen atoms in total. The first-order chi connectivity index (χ1) is 11.3. The minimum absolute atomic E-state index is 0.136. The standard InChI is InChI=1S/C20H23NO3/c1-20(2,3)15-7-4-13(5-8-15)14-6-9-16-17(24-19(21)22)10-11-23-18(16)12-14/h4-9,12,17H,10-11H2,1-3H3,(H2,21,22). The van der Waals surface area contributed by atoms with Crippen LogP contribution >= 0.6 is 0 Å². The average Bonchev–Trinajstić information content (AvgIpc) is 2.53. The first kappa shape index (κ1) is 16.4. The number of benzene rings is 2. The van der Waals surface area contributed by atoms with E-state index in [0.29, 0.717) is 13.0 Å². The van der Waals surface area contributed by atoms with Gasteiger partial charge in [-0.05, 0) is 28.2 Å². The first-order valence-electron chi connectivity index (χ1n) is 8.18. The predicted molar refractivity (Wildman–Crippen MR) is 94.1 cm³/mol. The van der Waals surface area contributed by atoms with Crippen molar-refractivity contribution in [2.24, 2.45) is 5.73 Å². The second-order valence-corrected chi connectivity index (χ2v) is 7.14. The van der Waals surface area contributed by atoms with Gasteiger partial charge in [0, 0.05) is 12.0 Å². The Morgan fingerprint density at radius 1 is 1.12 bits per heavy atom. The molecule has 1 aliphatic rings. The van der Waals surface area contributed by atoms with Gasteiger partial charge in [-0.2, -0.15) is 0 Å². The van der Waals surface area contributed by atoms with Crippen LogP contribution in [0.3, 0.4) is 0 Å². The normalized spacial score (nSPS) is 16.9. The number of hydrogen-bond donors (Lipinski definition) is 1. The van der Waals surface area contributed by atoms with Crippen molar-refractivity contribution in [2.45, 2.75) is 38.7 Å². The van der Waals surface area contributed by atoms with Crippen LogP contribution in [0.25, 0.3) is 11.1 Å². The number of carbonyl (C=O) groups is 1. The van der Waals surface area contributed by atoms with Crippen LogP contribution in [0.1, 0.15) is 44.4 Å². The number of carbonyl (C=O) groups excluding carboxylic acids is 1. The third-order valence-corrected chi connectivity index (χ3v) is 4.34. The molecule has 2 aromatic carbocycles. The van der Waals surface area contributed by atoms with E-state index in [1.807, 2.05) is 18.2 Å². The molecule has 0 bridgehead atoms. The lowest BCUT2D eigenvalue weighted by Crippen LogP contribution is -2.22. The summed E-state index contributed by atoms with van der Waals surface area (Å²) in [6, 6.07) is 14.6. The zero-order chi connectivity index (χ0) is 17.3. The number of fused-ring (bicyclic) bond motifs is 1. The Kier molecular flexibility index (Phi) is 4.22. The van der Waals surface area contributed by atoms with Crippen LogP contribution in [0.15, 0.2) is 42.5 Å². The molecule has 24 heavy (non-hydrogen) atoms. The molecule has 0 spiro atoms. The molecule has 0 saturated heterocycles. The maximum atomic E-state index is 11.0. The van der Waals surface area contributed by atoms with Crippen molar-refractivity contribution < 1.29 is 14.3 Å². The Labute approximate surface area is 142 Å². The van der Waals surface area contributed by atoms with Crippen molar-refractivity contribution in [2.75, 3.05) is 6.61 Å². The zero-order valence-corrected chi connectivity index (χ0v) is 14.3. The van der Waals surface area contributed by atoms with Gasteiger partial charge in [0.05, 0.1) is 6.61 Å². The molecule has 0 fully saturated rings. The first-order valence-corrected chi connectivity index (χ1v) is 8.18. The monoisotopic (exact) mass is 325 g/mol. The van der Waals surface area contributed by atoms with Gasteiger partial charge in [0.2, 0.25) is 0 Å². The minimum atomic E-state index is -0.755. The lowest BCUT2D eigenvalue weighted by Gasteiger charge is -2.25. The van der Waals surface area contributed by atoms with E-state index >= 15 is 0 Å². The summed E-state index contributed by atoms with van der Waals surface area (Å²) in [5.41, 5.74) is 9.67. The number of rotatable bonds is 2. The van der Waals surface area contributed by atoms with Crippen LogP contribution in [-0.4, -0.2) is 12.7 Å². The van der Waals surface area contributed by atoms with E-state index in [1.165, 1.54) is 5.56 Å². The Morgan fingerprint density at radius 2 is 1.79 bits per heavy atom. The van der Waals surface area contributed by atoms with Gasteiger partial charge in [0.15, 0.2) is 0 Å². The molecule has 126 valence electrons. The molecule has 0 aromatic heterocycles. The van der Waals surface area contributed by atoms with Crippen molar-refractivity contribution in [1.82, 2.24) is 0 Å². The lowest BCUT2D eigenvalue weighted by molar-refractivity contribution is 0.0766. The molecule has 4 heteroatoms. The lowest BCUT2D eigenvalue weighted by atomic mass is 9.86. The fraction of sp³-hybridized carbons (Fsp3) is 0.350. The molecule has 2 N–H and O–H groups in total. The third-order valence-electron chi connectivity index (χ3n) is 4.34. The Morgan fingerprint density at radius 3 is 2.42 bits per heavy atom. The molecule has 1 amide bonds. The van der Waals surface area contributed by atoms with E-state index in [4.69, 9.17) is 15.2 Å². The highest BCUT2D eigenvalue weighted by Gasteiger charge is 2.24. The van der Waals surface area contributed by atoms with E-state index in [2.05, 4.69) is 45.0 Å². The smallest absolute Gasteiger partial charge is 0.405 e.